The summed E-state index contributed by atoms with van der Waals surface area (Å²) in [5.74, 6) is 0.610. The van der Waals surface area contributed by atoms with E-state index in [4.69, 9.17) is 0 Å². The quantitative estimate of drug-likeness (QED) is 0.628. The molecule has 1 heterocycles. The summed E-state index contributed by atoms with van der Waals surface area (Å²) in [6.45, 7) is 3.35. The predicted octanol–water partition coefficient (Wildman–Crippen LogP) is -0.143. The summed E-state index contributed by atoms with van der Waals surface area (Å²) >= 11 is 0. The van der Waals surface area contributed by atoms with Crippen LogP contribution >= 0.6 is 0 Å². The number of piperidine rings is 1. The summed E-state index contributed by atoms with van der Waals surface area (Å²) in [4.78, 5) is 2.06. The minimum absolute atomic E-state index is 0.288. The second-order valence-electron chi connectivity index (χ2n) is 5.03. The van der Waals surface area contributed by atoms with E-state index < -0.39 is 10.0 Å². The third-order valence-electron chi connectivity index (χ3n) is 3.02. The predicted molar refractivity (Wildman–Crippen MR) is 70.6 cm³/mol. The molecule has 1 saturated heterocycles. The normalized spacial score (nSPS) is 18.8. The average Bonchev–Trinajstić information content (AvgIpc) is 2.25. The number of rotatable bonds is 7. The SMILES string of the molecule is CN(C)CCCNS(=O)(=O)CC1CCNCC1. The first kappa shape index (κ1) is 14.9. The molecule has 0 unspecified atom stereocenters. The monoisotopic (exact) mass is 263 g/mol. The molecule has 1 rings (SSSR count). The minimum atomic E-state index is -3.08. The van der Waals surface area contributed by atoms with Gasteiger partial charge in [-0.05, 0) is 58.9 Å². The molecule has 0 aromatic carbocycles. The average molecular weight is 263 g/mol. The van der Waals surface area contributed by atoms with E-state index in [2.05, 4.69) is 14.9 Å². The van der Waals surface area contributed by atoms with Gasteiger partial charge in [0.25, 0.3) is 0 Å². The van der Waals surface area contributed by atoms with Crippen molar-refractivity contribution in [2.75, 3.05) is 46.0 Å². The van der Waals surface area contributed by atoms with Gasteiger partial charge in [0.1, 0.15) is 0 Å². The van der Waals surface area contributed by atoms with Crippen LogP contribution in [-0.2, 0) is 10.0 Å². The third kappa shape index (κ3) is 6.98. The Morgan fingerprint density at radius 3 is 2.53 bits per heavy atom. The van der Waals surface area contributed by atoms with Crippen LogP contribution in [0.5, 0.6) is 0 Å². The molecule has 0 saturated carbocycles. The van der Waals surface area contributed by atoms with Gasteiger partial charge in [0.15, 0.2) is 0 Å². The van der Waals surface area contributed by atoms with E-state index in [9.17, 15) is 8.42 Å². The lowest BCUT2D eigenvalue weighted by Gasteiger charge is -2.22. The van der Waals surface area contributed by atoms with E-state index in [0.29, 0.717) is 12.5 Å². The van der Waals surface area contributed by atoms with Gasteiger partial charge in [0.2, 0.25) is 10.0 Å². The topological polar surface area (TPSA) is 61.4 Å². The van der Waals surface area contributed by atoms with Crippen molar-refractivity contribution in [3.05, 3.63) is 0 Å². The van der Waals surface area contributed by atoms with E-state index in [1.165, 1.54) is 0 Å². The Kier molecular flexibility index (Phi) is 6.40. The number of nitrogens with zero attached hydrogens (tertiary/aromatic N) is 1. The lowest BCUT2D eigenvalue weighted by atomic mass is 10.0. The van der Waals surface area contributed by atoms with Crippen LogP contribution in [0.2, 0.25) is 0 Å². The zero-order valence-electron chi connectivity index (χ0n) is 10.9. The molecule has 0 atom stereocenters. The molecule has 5 nitrogen and oxygen atoms in total. The molecule has 1 fully saturated rings. The summed E-state index contributed by atoms with van der Waals surface area (Å²) in [5, 5.41) is 3.24. The highest BCUT2D eigenvalue weighted by Crippen LogP contribution is 2.13. The van der Waals surface area contributed by atoms with E-state index >= 15 is 0 Å². The van der Waals surface area contributed by atoms with Gasteiger partial charge in [-0.2, -0.15) is 0 Å². The highest BCUT2D eigenvalue weighted by molar-refractivity contribution is 7.89. The first-order valence-electron chi connectivity index (χ1n) is 6.32. The second-order valence-corrected chi connectivity index (χ2v) is 6.88. The largest absolute Gasteiger partial charge is 0.317 e. The van der Waals surface area contributed by atoms with E-state index in [-0.39, 0.29) is 5.75 Å². The number of nitrogens with one attached hydrogen (secondary N) is 2. The summed E-state index contributed by atoms with van der Waals surface area (Å²) in [5.41, 5.74) is 0. The van der Waals surface area contributed by atoms with Crippen LogP contribution in [-0.4, -0.2) is 59.3 Å². The zero-order chi connectivity index (χ0) is 12.7. The Hall–Kier alpha value is -0.170. The second kappa shape index (κ2) is 7.31. The fraction of sp³-hybridized carbons (Fsp3) is 1.00. The van der Waals surface area contributed by atoms with E-state index in [1.807, 2.05) is 14.1 Å². The smallest absolute Gasteiger partial charge is 0.211 e. The van der Waals surface area contributed by atoms with Gasteiger partial charge in [0, 0.05) is 6.54 Å². The van der Waals surface area contributed by atoms with Crippen molar-refractivity contribution in [3.8, 4) is 0 Å². The molecule has 0 aliphatic carbocycles. The van der Waals surface area contributed by atoms with Crippen LogP contribution in [0.1, 0.15) is 19.3 Å². The molecule has 0 aromatic rings. The molecule has 6 heteroatoms. The third-order valence-corrected chi connectivity index (χ3v) is 4.57. The van der Waals surface area contributed by atoms with Crippen molar-refractivity contribution in [2.45, 2.75) is 19.3 Å². The first-order valence-corrected chi connectivity index (χ1v) is 7.97. The maximum Gasteiger partial charge on any atom is 0.211 e. The van der Waals surface area contributed by atoms with Crippen LogP contribution in [0.4, 0.5) is 0 Å². The van der Waals surface area contributed by atoms with Crippen LogP contribution in [0.3, 0.4) is 0 Å². The van der Waals surface area contributed by atoms with Gasteiger partial charge >= 0.3 is 0 Å². The molecule has 1 aliphatic rings. The molecule has 0 aromatic heterocycles. The lowest BCUT2D eigenvalue weighted by Crippen LogP contribution is -2.36. The van der Waals surface area contributed by atoms with Crippen molar-refractivity contribution in [1.82, 2.24) is 14.9 Å². The number of hydrogen-bond acceptors (Lipinski definition) is 4. The molecule has 17 heavy (non-hydrogen) atoms. The fourth-order valence-corrected chi connectivity index (χ4v) is 3.57. The molecule has 0 radical (unpaired) electrons. The van der Waals surface area contributed by atoms with E-state index in [0.717, 1.165) is 38.9 Å². The maximum atomic E-state index is 11.8. The molecule has 102 valence electrons. The lowest BCUT2D eigenvalue weighted by molar-refractivity contribution is 0.394. The van der Waals surface area contributed by atoms with E-state index in [1.54, 1.807) is 0 Å². The Bertz CT molecular complexity index is 298. The number of hydrogen-bond donors (Lipinski definition) is 2. The van der Waals surface area contributed by atoms with Crippen LogP contribution in [0.25, 0.3) is 0 Å². The highest BCUT2D eigenvalue weighted by Gasteiger charge is 2.20. The fourth-order valence-electron chi connectivity index (χ4n) is 2.04. The molecule has 0 bridgehead atoms. The van der Waals surface area contributed by atoms with Crippen molar-refractivity contribution < 1.29 is 8.42 Å². The summed E-state index contributed by atoms with van der Waals surface area (Å²) < 4.78 is 26.3. The van der Waals surface area contributed by atoms with Gasteiger partial charge in [-0.1, -0.05) is 0 Å². The summed E-state index contributed by atoms with van der Waals surface area (Å²) in [6.07, 6.45) is 2.80. The number of sulfonamides is 1. The van der Waals surface area contributed by atoms with Crippen LogP contribution in [0.15, 0.2) is 0 Å². The highest BCUT2D eigenvalue weighted by atomic mass is 32.2. The van der Waals surface area contributed by atoms with Crippen molar-refractivity contribution in [1.29, 1.82) is 0 Å². The Balaban J connectivity index is 2.20. The molecule has 1 aliphatic heterocycles. The first-order chi connectivity index (χ1) is 7.99. The minimum Gasteiger partial charge on any atom is -0.317 e. The molecular weight excluding hydrogens is 238 g/mol. The Labute approximate surface area is 105 Å². The van der Waals surface area contributed by atoms with Crippen molar-refractivity contribution in [2.24, 2.45) is 5.92 Å². The summed E-state index contributed by atoms with van der Waals surface area (Å²) in [7, 11) is 0.904. The van der Waals surface area contributed by atoms with Crippen LogP contribution < -0.4 is 10.0 Å². The molecule has 0 amide bonds. The Morgan fingerprint density at radius 2 is 1.94 bits per heavy atom. The van der Waals surface area contributed by atoms with Gasteiger partial charge in [-0.15, -0.1) is 0 Å². The zero-order valence-corrected chi connectivity index (χ0v) is 11.7. The van der Waals surface area contributed by atoms with Gasteiger partial charge in [-0.3, -0.25) is 0 Å². The summed E-state index contributed by atoms with van der Waals surface area (Å²) in [6, 6.07) is 0. The molecule has 2 N–H and O–H groups in total. The van der Waals surface area contributed by atoms with Gasteiger partial charge in [-0.25, -0.2) is 13.1 Å². The van der Waals surface area contributed by atoms with Crippen molar-refractivity contribution >= 4 is 10.0 Å². The van der Waals surface area contributed by atoms with Gasteiger partial charge < -0.3 is 10.2 Å². The van der Waals surface area contributed by atoms with Gasteiger partial charge in [0.05, 0.1) is 5.75 Å². The van der Waals surface area contributed by atoms with Crippen molar-refractivity contribution in [3.63, 3.8) is 0 Å². The Morgan fingerprint density at radius 1 is 1.29 bits per heavy atom. The maximum absolute atomic E-state index is 11.8. The standard InChI is InChI=1S/C11H25N3O2S/c1-14(2)9-3-6-13-17(15,16)10-11-4-7-12-8-5-11/h11-13H,3-10H2,1-2H3. The molecule has 0 spiro atoms. The van der Waals surface area contributed by atoms with Crippen LogP contribution in [0, 0.1) is 5.92 Å². The molecular formula is C11H25N3O2S.